The number of alkyl halides is 1. The Kier molecular flexibility index (Phi) is 3.01. The minimum absolute atomic E-state index is 0.230. The Morgan fingerprint density at radius 3 is 2.50 bits per heavy atom. The van der Waals surface area contributed by atoms with E-state index in [1.54, 1.807) is 6.92 Å². The number of carbonyl (C=O) groups excluding carboxylic acids is 1. The molecule has 1 aliphatic carbocycles. The summed E-state index contributed by atoms with van der Waals surface area (Å²) >= 11 is 5.83. The topological polar surface area (TPSA) is 20.3 Å². The van der Waals surface area contributed by atoms with Crippen molar-refractivity contribution in [2.45, 2.75) is 26.2 Å². The lowest BCUT2D eigenvalue weighted by Gasteiger charge is -2.31. The number of hydrogen-bond donors (Lipinski definition) is 0. The molecule has 3 heteroatoms. The van der Waals surface area contributed by atoms with Crippen LogP contribution in [0.4, 0.5) is 0 Å². The minimum atomic E-state index is 0.230. The summed E-state index contributed by atoms with van der Waals surface area (Å²) in [6.07, 6.45) is 3.71. The summed E-state index contributed by atoms with van der Waals surface area (Å²) in [6.45, 7) is 3.59. The minimum Gasteiger partial charge on any atom is -0.343 e. The molecule has 0 aromatic heterocycles. The van der Waals surface area contributed by atoms with Crippen molar-refractivity contribution in [2.75, 3.05) is 19.0 Å². The lowest BCUT2D eigenvalue weighted by atomic mass is 9.91. The van der Waals surface area contributed by atoms with E-state index in [0.29, 0.717) is 0 Å². The fourth-order valence-electron chi connectivity index (χ4n) is 2.67. The quantitative estimate of drug-likeness (QED) is 0.647. The molecule has 80 valence electrons. The van der Waals surface area contributed by atoms with E-state index < -0.39 is 0 Å². The van der Waals surface area contributed by atoms with Crippen LogP contribution in [0.2, 0.25) is 0 Å². The zero-order valence-electron chi connectivity index (χ0n) is 8.71. The Labute approximate surface area is 90.6 Å². The van der Waals surface area contributed by atoms with Crippen LogP contribution in [-0.2, 0) is 4.79 Å². The molecule has 2 unspecified atom stereocenters. The molecule has 0 radical (unpaired) electrons. The first-order valence-electron chi connectivity index (χ1n) is 5.54. The zero-order chi connectivity index (χ0) is 10.1. The van der Waals surface area contributed by atoms with Gasteiger partial charge < -0.3 is 4.90 Å². The maximum absolute atomic E-state index is 11.1. The highest BCUT2D eigenvalue weighted by molar-refractivity contribution is 6.18. The molecule has 2 aliphatic rings. The van der Waals surface area contributed by atoms with Crippen LogP contribution in [-0.4, -0.2) is 29.8 Å². The first kappa shape index (κ1) is 10.3. The van der Waals surface area contributed by atoms with Gasteiger partial charge in [0.1, 0.15) is 0 Å². The van der Waals surface area contributed by atoms with Gasteiger partial charge in [-0.2, -0.15) is 0 Å². The van der Waals surface area contributed by atoms with E-state index in [9.17, 15) is 4.79 Å². The van der Waals surface area contributed by atoms with Gasteiger partial charge >= 0.3 is 0 Å². The lowest BCUT2D eigenvalue weighted by Crippen LogP contribution is -2.37. The Balaban J connectivity index is 1.77. The molecular weight excluding hydrogens is 198 g/mol. The SMILES string of the molecule is CC(=O)N1CCC(C2CC2CCl)CC1. The standard InChI is InChI=1S/C11H18ClNO/c1-8(14)13-4-2-9(3-5-13)11-6-10(11)7-12/h9-11H,2-7H2,1H3. The lowest BCUT2D eigenvalue weighted by molar-refractivity contribution is -0.130. The van der Waals surface area contributed by atoms with Crippen molar-refractivity contribution in [3.8, 4) is 0 Å². The number of rotatable bonds is 2. The second-order valence-corrected chi connectivity index (χ2v) is 4.97. The van der Waals surface area contributed by atoms with Crippen molar-refractivity contribution < 1.29 is 4.79 Å². The van der Waals surface area contributed by atoms with Gasteiger partial charge in [0.25, 0.3) is 0 Å². The summed E-state index contributed by atoms with van der Waals surface area (Å²) in [5, 5.41) is 0. The molecule has 2 nitrogen and oxygen atoms in total. The van der Waals surface area contributed by atoms with Crippen LogP contribution in [0.25, 0.3) is 0 Å². The molecule has 0 bridgehead atoms. The summed E-state index contributed by atoms with van der Waals surface area (Å²) in [4.78, 5) is 13.1. The Morgan fingerprint density at radius 2 is 2.07 bits per heavy atom. The van der Waals surface area contributed by atoms with E-state index in [1.807, 2.05) is 4.90 Å². The van der Waals surface area contributed by atoms with E-state index in [4.69, 9.17) is 11.6 Å². The predicted molar refractivity (Wildman–Crippen MR) is 57.3 cm³/mol. The van der Waals surface area contributed by atoms with Crippen molar-refractivity contribution in [2.24, 2.45) is 17.8 Å². The smallest absolute Gasteiger partial charge is 0.219 e. The Bertz CT molecular complexity index is 223. The fraction of sp³-hybridized carbons (Fsp3) is 0.909. The normalized spacial score (nSPS) is 33.1. The molecule has 1 saturated heterocycles. The highest BCUT2D eigenvalue weighted by atomic mass is 35.5. The number of hydrogen-bond acceptors (Lipinski definition) is 1. The number of piperidine rings is 1. The summed E-state index contributed by atoms with van der Waals surface area (Å²) in [5.74, 6) is 3.56. The van der Waals surface area contributed by atoms with Crippen molar-refractivity contribution in [1.82, 2.24) is 4.90 Å². The second kappa shape index (κ2) is 4.09. The molecule has 0 N–H and O–H groups in total. The third kappa shape index (κ3) is 2.05. The molecule has 0 aromatic rings. The van der Waals surface area contributed by atoms with Crippen LogP contribution < -0.4 is 0 Å². The van der Waals surface area contributed by atoms with Gasteiger partial charge in [0.2, 0.25) is 5.91 Å². The highest BCUT2D eigenvalue weighted by Gasteiger charge is 2.42. The third-order valence-electron chi connectivity index (χ3n) is 3.77. The van der Waals surface area contributed by atoms with Gasteiger partial charge in [-0.15, -0.1) is 11.6 Å². The molecule has 0 aromatic carbocycles. The Morgan fingerprint density at radius 1 is 1.43 bits per heavy atom. The largest absolute Gasteiger partial charge is 0.343 e. The summed E-state index contributed by atoms with van der Waals surface area (Å²) in [5.41, 5.74) is 0. The van der Waals surface area contributed by atoms with E-state index in [-0.39, 0.29) is 5.91 Å². The van der Waals surface area contributed by atoms with E-state index in [2.05, 4.69) is 0 Å². The number of amides is 1. The van der Waals surface area contributed by atoms with Crippen molar-refractivity contribution in [1.29, 1.82) is 0 Å². The van der Waals surface area contributed by atoms with Crippen LogP contribution in [0, 0.1) is 17.8 Å². The van der Waals surface area contributed by atoms with Crippen LogP contribution in [0.3, 0.4) is 0 Å². The van der Waals surface area contributed by atoms with Crippen molar-refractivity contribution in [3.63, 3.8) is 0 Å². The van der Waals surface area contributed by atoms with Crippen molar-refractivity contribution >= 4 is 17.5 Å². The van der Waals surface area contributed by atoms with Gasteiger partial charge in [-0.25, -0.2) is 0 Å². The summed E-state index contributed by atoms with van der Waals surface area (Å²) < 4.78 is 0. The summed E-state index contributed by atoms with van der Waals surface area (Å²) in [7, 11) is 0. The number of halogens is 1. The van der Waals surface area contributed by atoms with Gasteiger partial charge in [-0.3, -0.25) is 4.79 Å². The first-order chi connectivity index (χ1) is 6.72. The molecular formula is C11H18ClNO. The highest BCUT2D eigenvalue weighted by Crippen LogP contribution is 2.48. The van der Waals surface area contributed by atoms with Gasteiger partial charge in [0.15, 0.2) is 0 Å². The maximum atomic E-state index is 11.1. The molecule has 0 spiro atoms. The van der Waals surface area contributed by atoms with Crippen LogP contribution >= 0.6 is 11.6 Å². The number of nitrogens with zero attached hydrogens (tertiary/aromatic N) is 1. The zero-order valence-corrected chi connectivity index (χ0v) is 9.46. The maximum Gasteiger partial charge on any atom is 0.219 e. The molecule has 1 amide bonds. The van der Waals surface area contributed by atoms with Gasteiger partial charge in [0, 0.05) is 25.9 Å². The predicted octanol–water partition coefficient (Wildman–Crippen LogP) is 2.12. The van der Waals surface area contributed by atoms with Crippen LogP contribution in [0.15, 0.2) is 0 Å². The van der Waals surface area contributed by atoms with Gasteiger partial charge in [0.05, 0.1) is 0 Å². The molecule has 1 heterocycles. The average molecular weight is 216 g/mol. The van der Waals surface area contributed by atoms with Gasteiger partial charge in [-0.05, 0) is 37.0 Å². The Hall–Kier alpha value is -0.240. The molecule has 1 aliphatic heterocycles. The van der Waals surface area contributed by atoms with E-state index >= 15 is 0 Å². The van der Waals surface area contributed by atoms with Crippen LogP contribution in [0.5, 0.6) is 0 Å². The third-order valence-corrected chi connectivity index (χ3v) is 4.16. The molecule has 14 heavy (non-hydrogen) atoms. The van der Waals surface area contributed by atoms with Gasteiger partial charge in [-0.1, -0.05) is 0 Å². The summed E-state index contributed by atoms with van der Waals surface area (Å²) in [6, 6.07) is 0. The molecule has 2 rings (SSSR count). The average Bonchev–Trinajstić information content (AvgIpc) is 2.97. The molecule has 2 atom stereocenters. The first-order valence-corrected chi connectivity index (χ1v) is 6.07. The van der Waals surface area contributed by atoms with Crippen LogP contribution in [0.1, 0.15) is 26.2 Å². The molecule has 2 fully saturated rings. The number of likely N-dealkylation sites (tertiary alicyclic amines) is 1. The second-order valence-electron chi connectivity index (χ2n) is 4.66. The molecule has 1 saturated carbocycles. The number of carbonyl (C=O) groups is 1. The fourth-order valence-corrected chi connectivity index (χ4v) is 3.02. The van der Waals surface area contributed by atoms with E-state index in [1.165, 1.54) is 19.3 Å². The van der Waals surface area contributed by atoms with E-state index in [0.717, 1.165) is 36.7 Å². The monoisotopic (exact) mass is 215 g/mol. The van der Waals surface area contributed by atoms with Crippen molar-refractivity contribution in [3.05, 3.63) is 0 Å².